The Hall–Kier alpha value is -1.14. The predicted octanol–water partition coefficient (Wildman–Crippen LogP) is 1.65. The number of azo groups is 1. The Labute approximate surface area is 78.2 Å². The molecule has 1 unspecified atom stereocenters. The lowest BCUT2D eigenvalue weighted by atomic mass is 10.3. The minimum Gasteiger partial charge on any atom is -0.305 e. The van der Waals surface area contributed by atoms with E-state index >= 15 is 0 Å². The van der Waals surface area contributed by atoms with E-state index in [0.717, 1.165) is 5.69 Å². The van der Waals surface area contributed by atoms with Gasteiger partial charge in [0.25, 0.3) is 0 Å². The summed E-state index contributed by atoms with van der Waals surface area (Å²) < 4.78 is 18.6. The van der Waals surface area contributed by atoms with Gasteiger partial charge in [-0.15, -0.1) is 0 Å². The van der Waals surface area contributed by atoms with Crippen LogP contribution in [0, 0.1) is 6.92 Å². The molecule has 0 spiro atoms. The summed E-state index contributed by atoms with van der Waals surface area (Å²) in [6.07, 6.45) is 1.55. The van der Waals surface area contributed by atoms with Crippen LogP contribution in [0.2, 0.25) is 0 Å². The van der Waals surface area contributed by atoms with Crippen molar-refractivity contribution in [2.75, 3.05) is 5.88 Å². The first kappa shape index (κ1) is 9.94. The van der Waals surface area contributed by atoms with Crippen molar-refractivity contribution < 1.29 is 8.76 Å². The van der Waals surface area contributed by atoms with Crippen LogP contribution in [-0.2, 0) is 11.1 Å². The molecular formula is C7H9N3O2S. The average Bonchev–Trinajstić information content (AvgIpc) is 2.08. The van der Waals surface area contributed by atoms with Crippen LogP contribution in [0.3, 0.4) is 0 Å². The van der Waals surface area contributed by atoms with Gasteiger partial charge in [-0.2, -0.15) is 10.2 Å². The van der Waals surface area contributed by atoms with Gasteiger partial charge in [0.1, 0.15) is 5.69 Å². The van der Waals surface area contributed by atoms with Gasteiger partial charge >= 0.3 is 0 Å². The summed E-state index contributed by atoms with van der Waals surface area (Å²) in [5, 5.41) is 7.20. The van der Waals surface area contributed by atoms with E-state index in [0.29, 0.717) is 5.69 Å². The Kier molecular flexibility index (Phi) is 3.66. The number of nitrogens with zero attached hydrogens (tertiary/aromatic N) is 3. The number of hydrogen-bond donors (Lipinski definition) is 1. The zero-order valence-electron chi connectivity index (χ0n) is 7.04. The van der Waals surface area contributed by atoms with Crippen LogP contribution in [0.15, 0.2) is 28.6 Å². The van der Waals surface area contributed by atoms with Crippen LogP contribution in [0.1, 0.15) is 5.69 Å². The Bertz CT molecular complexity index is 323. The average molecular weight is 199 g/mol. The lowest BCUT2D eigenvalue weighted by Crippen LogP contribution is -1.88. The normalized spacial score (nSPS) is 13.4. The van der Waals surface area contributed by atoms with Gasteiger partial charge in [0.05, 0.1) is 6.20 Å². The van der Waals surface area contributed by atoms with Gasteiger partial charge in [0.15, 0.2) is 17.0 Å². The molecule has 0 aromatic carbocycles. The Balaban J connectivity index is 2.59. The third-order valence-electron chi connectivity index (χ3n) is 1.25. The first-order valence-corrected chi connectivity index (χ1v) is 4.83. The van der Waals surface area contributed by atoms with Crippen molar-refractivity contribution in [2.24, 2.45) is 10.2 Å². The SMILES string of the molecule is Cc1ccc(N=NCS(=O)O)cn1. The highest BCUT2D eigenvalue weighted by molar-refractivity contribution is 7.79. The van der Waals surface area contributed by atoms with Crippen LogP contribution in [0.25, 0.3) is 0 Å². The van der Waals surface area contributed by atoms with E-state index in [-0.39, 0.29) is 5.88 Å². The molecule has 0 aliphatic rings. The zero-order chi connectivity index (χ0) is 9.68. The van der Waals surface area contributed by atoms with Gasteiger partial charge in [-0.3, -0.25) is 4.98 Å². The Morgan fingerprint density at radius 2 is 2.38 bits per heavy atom. The largest absolute Gasteiger partial charge is 0.305 e. The van der Waals surface area contributed by atoms with E-state index in [1.807, 2.05) is 6.92 Å². The van der Waals surface area contributed by atoms with Crippen molar-refractivity contribution in [3.05, 3.63) is 24.0 Å². The molecule has 1 N–H and O–H groups in total. The highest BCUT2D eigenvalue weighted by Crippen LogP contribution is 2.09. The summed E-state index contributed by atoms with van der Waals surface area (Å²) in [5.41, 5.74) is 1.47. The number of hydrogen-bond acceptors (Lipinski definition) is 4. The van der Waals surface area contributed by atoms with Gasteiger partial charge in [0.2, 0.25) is 0 Å². The number of aromatic nitrogens is 1. The molecule has 0 amide bonds. The van der Waals surface area contributed by atoms with E-state index in [1.165, 1.54) is 0 Å². The molecule has 1 heterocycles. The Morgan fingerprint density at radius 3 is 2.92 bits per heavy atom. The van der Waals surface area contributed by atoms with Gasteiger partial charge in [-0.05, 0) is 19.1 Å². The van der Waals surface area contributed by atoms with E-state index < -0.39 is 11.1 Å². The minimum atomic E-state index is -1.92. The zero-order valence-corrected chi connectivity index (χ0v) is 7.86. The van der Waals surface area contributed by atoms with Crippen molar-refractivity contribution in [1.82, 2.24) is 4.98 Å². The predicted molar refractivity (Wildman–Crippen MR) is 49.1 cm³/mol. The third-order valence-corrected chi connectivity index (χ3v) is 1.59. The van der Waals surface area contributed by atoms with E-state index in [1.54, 1.807) is 18.3 Å². The molecule has 1 aromatic rings. The summed E-state index contributed by atoms with van der Waals surface area (Å²) in [6.45, 7) is 1.86. The molecule has 1 rings (SSSR count). The summed E-state index contributed by atoms with van der Waals surface area (Å²) >= 11 is -1.92. The monoisotopic (exact) mass is 199 g/mol. The number of pyridine rings is 1. The van der Waals surface area contributed by atoms with E-state index in [9.17, 15) is 4.21 Å². The second kappa shape index (κ2) is 4.78. The maximum atomic E-state index is 10.2. The standard InChI is InChI=1S/C7H9N3O2S/c1-6-2-3-7(4-8-6)10-9-5-13(11)12/h2-4H,5H2,1H3,(H,11,12). The maximum absolute atomic E-state index is 10.2. The van der Waals surface area contributed by atoms with Crippen molar-refractivity contribution in [3.63, 3.8) is 0 Å². The van der Waals surface area contributed by atoms with Crippen LogP contribution in [0.4, 0.5) is 5.69 Å². The molecule has 0 bridgehead atoms. The molecule has 0 saturated heterocycles. The molecule has 70 valence electrons. The second-order valence-electron chi connectivity index (χ2n) is 2.35. The molecule has 0 aliphatic carbocycles. The lowest BCUT2D eigenvalue weighted by Gasteiger charge is -1.91. The number of rotatable bonds is 3. The van der Waals surface area contributed by atoms with E-state index in [2.05, 4.69) is 15.2 Å². The minimum absolute atomic E-state index is 0.201. The first-order valence-electron chi connectivity index (χ1n) is 3.56. The van der Waals surface area contributed by atoms with Crippen molar-refractivity contribution in [2.45, 2.75) is 6.92 Å². The summed E-state index contributed by atoms with van der Waals surface area (Å²) in [7, 11) is 0. The lowest BCUT2D eigenvalue weighted by molar-refractivity contribution is 0.564. The van der Waals surface area contributed by atoms with Crippen LogP contribution >= 0.6 is 0 Å². The highest BCUT2D eigenvalue weighted by Gasteiger charge is 1.90. The highest BCUT2D eigenvalue weighted by atomic mass is 32.2. The van der Waals surface area contributed by atoms with Gasteiger partial charge < -0.3 is 4.55 Å². The third kappa shape index (κ3) is 3.86. The van der Waals surface area contributed by atoms with Crippen LogP contribution in [0.5, 0.6) is 0 Å². The van der Waals surface area contributed by atoms with Gasteiger partial charge in [0, 0.05) is 5.69 Å². The second-order valence-corrected chi connectivity index (χ2v) is 3.25. The first-order chi connectivity index (χ1) is 6.18. The fourth-order valence-corrected chi connectivity index (χ4v) is 0.836. The number of aryl methyl sites for hydroxylation is 1. The smallest absolute Gasteiger partial charge is 0.177 e. The van der Waals surface area contributed by atoms with Crippen LogP contribution in [-0.4, -0.2) is 19.6 Å². The molecule has 6 heteroatoms. The molecule has 0 fully saturated rings. The topological polar surface area (TPSA) is 74.9 Å². The van der Waals surface area contributed by atoms with Gasteiger partial charge in [-0.25, -0.2) is 4.21 Å². The quantitative estimate of drug-likeness (QED) is 0.594. The van der Waals surface area contributed by atoms with E-state index in [4.69, 9.17) is 4.55 Å². The molecule has 5 nitrogen and oxygen atoms in total. The fourth-order valence-electron chi connectivity index (χ4n) is 0.679. The summed E-state index contributed by atoms with van der Waals surface area (Å²) in [5.74, 6) is -0.201. The summed E-state index contributed by atoms with van der Waals surface area (Å²) in [6, 6.07) is 3.54. The molecule has 1 atom stereocenters. The van der Waals surface area contributed by atoms with Crippen molar-refractivity contribution in [1.29, 1.82) is 0 Å². The van der Waals surface area contributed by atoms with Crippen LogP contribution < -0.4 is 0 Å². The maximum Gasteiger partial charge on any atom is 0.177 e. The molecular weight excluding hydrogens is 190 g/mol. The fraction of sp³-hybridized carbons (Fsp3) is 0.286. The molecule has 0 aliphatic heterocycles. The van der Waals surface area contributed by atoms with Crippen molar-refractivity contribution >= 4 is 16.8 Å². The Morgan fingerprint density at radius 1 is 1.62 bits per heavy atom. The van der Waals surface area contributed by atoms with Gasteiger partial charge in [-0.1, -0.05) is 0 Å². The molecule has 0 radical (unpaired) electrons. The van der Waals surface area contributed by atoms with Crippen molar-refractivity contribution in [3.8, 4) is 0 Å². The molecule has 1 aromatic heterocycles. The molecule has 13 heavy (non-hydrogen) atoms. The summed E-state index contributed by atoms with van der Waals surface area (Å²) in [4.78, 5) is 3.98. The molecule has 0 saturated carbocycles.